The van der Waals surface area contributed by atoms with E-state index in [9.17, 15) is 13.2 Å². The van der Waals surface area contributed by atoms with Crippen LogP contribution < -0.4 is 4.74 Å². The number of ether oxygens (including phenoxy) is 1. The van der Waals surface area contributed by atoms with Crippen LogP contribution in [0.25, 0.3) is 11.1 Å². The van der Waals surface area contributed by atoms with Gasteiger partial charge in [0.05, 0.1) is 12.8 Å². The Bertz CT molecular complexity index is 1000. The average molecular weight is 398 g/mol. The molecule has 0 saturated heterocycles. The van der Waals surface area contributed by atoms with Gasteiger partial charge in [-0.1, -0.05) is 24.3 Å². The van der Waals surface area contributed by atoms with E-state index < -0.39 is 6.36 Å². The maximum Gasteiger partial charge on any atom is 0.573 e. The quantitative estimate of drug-likeness (QED) is 0.638. The topological polar surface area (TPSA) is 50.6 Å². The molecular weight excluding hydrogens is 381 g/mol. The first-order chi connectivity index (χ1) is 14.0. The van der Waals surface area contributed by atoms with Crippen molar-refractivity contribution in [1.82, 2.24) is 15.0 Å². The molecule has 0 fully saturated rings. The molecule has 5 nitrogen and oxygen atoms in total. The predicted octanol–water partition coefficient (Wildman–Crippen LogP) is 4.43. The van der Waals surface area contributed by atoms with E-state index >= 15 is 0 Å². The fraction of sp³-hybridized carbons (Fsp3) is 0.190. The minimum absolute atomic E-state index is 0.234. The highest BCUT2D eigenvalue weighted by atomic mass is 19.4. The SMILES string of the molecule is FC(F)(F)Oc1ccc(-c2ccc3c(c2)CN(CCc2ccncn2)N=C3)cc1. The first kappa shape index (κ1) is 18.9. The molecule has 0 amide bonds. The molecule has 1 aliphatic rings. The van der Waals surface area contributed by atoms with Crippen molar-refractivity contribution >= 4 is 6.21 Å². The third-order valence-corrected chi connectivity index (χ3v) is 4.55. The predicted molar refractivity (Wildman–Crippen MR) is 102 cm³/mol. The highest BCUT2D eigenvalue weighted by Gasteiger charge is 2.31. The molecule has 29 heavy (non-hydrogen) atoms. The van der Waals surface area contributed by atoms with Crippen LogP contribution >= 0.6 is 0 Å². The van der Waals surface area contributed by atoms with Crippen LogP contribution in [0.15, 0.2) is 66.2 Å². The van der Waals surface area contributed by atoms with E-state index in [1.165, 1.54) is 18.5 Å². The Labute approximate surface area is 165 Å². The van der Waals surface area contributed by atoms with Gasteiger partial charge in [0.2, 0.25) is 0 Å². The number of hydrazone groups is 1. The van der Waals surface area contributed by atoms with Gasteiger partial charge in [0, 0.05) is 24.9 Å². The van der Waals surface area contributed by atoms with Crippen molar-refractivity contribution in [2.45, 2.75) is 19.3 Å². The van der Waals surface area contributed by atoms with Crippen molar-refractivity contribution in [2.75, 3.05) is 6.54 Å². The number of nitrogens with zero attached hydrogens (tertiary/aromatic N) is 4. The lowest BCUT2D eigenvalue weighted by Gasteiger charge is -2.24. The van der Waals surface area contributed by atoms with Crippen LogP contribution in [0.1, 0.15) is 16.8 Å². The van der Waals surface area contributed by atoms with Gasteiger partial charge in [-0.2, -0.15) is 5.10 Å². The fourth-order valence-corrected chi connectivity index (χ4v) is 3.12. The molecule has 0 saturated carbocycles. The minimum atomic E-state index is -4.69. The van der Waals surface area contributed by atoms with Crippen LogP contribution in [-0.2, 0) is 13.0 Å². The number of hydrogen-bond donors (Lipinski definition) is 0. The van der Waals surface area contributed by atoms with Crippen LogP contribution in [0.5, 0.6) is 5.75 Å². The molecule has 0 atom stereocenters. The zero-order valence-electron chi connectivity index (χ0n) is 15.3. The van der Waals surface area contributed by atoms with Crippen LogP contribution in [0.2, 0.25) is 0 Å². The summed E-state index contributed by atoms with van der Waals surface area (Å²) >= 11 is 0. The monoisotopic (exact) mass is 398 g/mol. The van der Waals surface area contributed by atoms with Crippen LogP contribution in [0.3, 0.4) is 0 Å². The molecule has 0 unspecified atom stereocenters. The lowest BCUT2D eigenvalue weighted by atomic mass is 9.98. The molecule has 1 aliphatic heterocycles. The molecule has 3 aromatic rings. The molecule has 0 bridgehead atoms. The number of hydrogen-bond acceptors (Lipinski definition) is 5. The Kier molecular flexibility index (Phi) is 5.16. The molecule has 0 N–H and O–H groups in total. The normalized spacial score (nSPS) is 13.3. The largest absolute Gasteiger partial charge is 0.573 e. The highest BCUT2D eigenvalue weighted by Crippen LogP contribution is 2.28. The lowest BCUT2D eigenvalue weighted by Crippen LogP contribution is -2.24. The number of benzene rings is 2. The summed E-state index contributed by atoms with van der Waals surface area (Å²) in [6.45, 7) is 1.38. The number of fused-ring (bicyclic) bond motifs is 1. The van der Waals surface area contributed by atoms with Crippen molar-refractivity contribution in [2.24, 2.45) is 5.10 Å². The van der Waals surface area contributed by atoms with E-state index in [1.54, 1.807) is 18.3 Å². The molecule has 4 rings (SSSR count). The Balaban J connectivity index is 1.46. The average Bonchev–Trinajstić information content (AvgIpc) is 2.72. The summed E-state index contributed by atoms with van der Waals surface area (Å²) < 4.78 is 40.9. The second-order valence-corrected chi connectivity index (χ2v) is 6.57. The van der Waals surface area contributed by atoms with Gasteiger partial charge < -0.3 is 4.74 Å². The molecule has 2 aromatic carbocycles. The zero-order chi connectivity index (χ0) is 20.3. The van der Waals surface area contributed by atoms with Gasteiger partial charge in [-0.05, 0) is 46.5 Å². The third kappa shape index (κ3) is 4.90. The summed E-state index contributed by atoms with van der Waals surface area (Å²) in [5, 5.41) is 6.44. The molecule has 1 aromatic heterocycles. The van der Waals surface area contributed by atoms with Crippen molar-refractivity contribution in [3.63, 3.8) is 0 Å². The molecule has 0 spiro atoms. The van der Waals surface area contributed by atoms with Gasteiger partial charge in [-0.25, -0.2) is 9.97 Å². The van der Waals surface area contributed by atoms with Crippen molar-refractivity contribution < 1.29 is 17.9 Å². The second kappa shape index (κ2) is 7.90. The Morgan fingerprint density at radius 2 is 1.79 bits per heavy atom. The van der Waals surface area contributed by atoms with Crippen molar-refractivity contribution in [3.8, 4) is 16.9 Å². The van der Waals surface area contributed by atoms with Crippen molar-refractivity contribution in [3.05, 3.63) is 77.9 Å². The third-order valence-electron chi connectivity index (χ3n) is 4.55. The van der Waals surface area contributed by atoms with E-state index in [-0.39, 0.29) is 5.75 Å². The number of alkyl halides is 3. The number of aromatic nitrogens is 2. The minimum Gasteiger partial charge on any atom is -0.406 e. The van der Waals surface area contributed by atoms with E-state index in [2.05, 4.69) is 19.8 Å². The fourth-order valence-electron chi connectivity index (χ4n) is 3.12. The summed E-state index contributed by atoms with van der Waals surface area (Å²) in [6.07, 6.45) is 1.14. The van der Waals surface area contributed by atoms with Crippen LogP contribution in [-0.4, -0.2) is 34.1 Å². The highest BCUT2D eigenvalue weighted by molar-refractivity contribution is 5.84. The maximum absolute atomic E-state index is 12.3. The molecular formula is C21H17F3N4O. The first-order valence-corrected chi connectivity index (χ1v) is 8.99. The molecule has 2 heterocycles. The van der Waals surface area contributed by atoms with Gasteiger partial charge in [0.15, 0.2) is 0 Å². The molecule has 8 heteroatoms. The summed E-state index contributed by atoms with van der Waals surface area (Å²) in [5.41, 5.74) is 4.83. The van der Waals surface area contributed by atoms with Gasteiger partial charge in [-0.15, -0.1) is 13.2 Å². The van der Waals surface area contributed by atoms with E-state index in [1.807, 2.05) is 35.5 Å². The Morgan fingerprint density at radius 3 is 2.52 bits per heavy atom. The van der Waals surface area contributed by atoms with Crippen molar-refractivity contribution in [1.29, 1.82) is 0 Å². The van der Waals surface area contributed by atoms with E-state index in [0.29, 0.717) is 6.54 Å². The van der Waals surface area contributed by atoms with Crippen LogP contribution in [0.4, 0.5) is 13.2 Å². The summed E-state index contributed by atoms with van der Waals surface area (Å²) in [4.78, 5) is 8.13. The second-order valence-electron chi connectivity index (χ2n) is 6.57. The van der Waals surface area contributed by atoms with E-state index in [0.717, 1.165) is 40.9 Å². The smallest absolute Gasteiger partial charge is 0.406 e. The summed E-state index contributed by atoms with van der Waals surface area (Å²) in [5.74, 6) is -0.234. The Hall–Kier alpha value is -3.42. The lowest BCUT2D eigenvalue weighted by molar-refractivity contribution is -0.274. The standard InChI is InChI=1S/C21H17F3N4O/c22-21(23,24)29-20-5-3-15(4-6-20)16-1-2-17-12-27-28(13-18(17)11-16)10-8-19-7-9-25-14-26-19/h1-7,9,11-12,14H,8,10,13H2. The first-order valence-electron chi connectivity index (χ1n) is 8.99. The van der Waals surface area contributed by atoms with E-state index in [4.69, 9.17) is 0 Å². The number of halogens is 3. The summed E-state index contributed by atoms with van der Waals surface area (Å²) in [7, 11) is 0. The number of rotatable bonds is 5. The molecule has 148 valence electrons. The van der Waals surface area contributed by atoms with Gasteiger partial charge >= 0.3 is 6.36 Å². The maximum atomic E-state index is 12.3. The molecule has 0 aliphatic carbocycles. The summed E-state index contributed by atoms with van der Waals surface area (Å²) in [6, 6.07) is 13.7. The van der Waals surface area contributed by atoms with Crippen LogP contribution in [0, 0.1) is 0 Å². The molecule has 0 radical (unpaired) electrons. The Morgan fingerprint density at radius 1 is 1.00 bits per heavy atom. The zero-order valence-corrected chi connectivity index (χ0v) is 15.3. The van der Waals surface area contributed by atoms with Gasteiger partial charge in [0.25, 0.3) is 0 Å². The van der Waals surface area contributed by atoms with Gasteiger partial charge in [0.1, 0.15) is 12.1 Å². The van der Waals surface area contributed by atoms with Gasteiger partial charge in [-0.3, -0.25) is 5.01 Å².